The summed E-state index contributed by atoms with van der Waals surface area (Å²) in [6, 6.07) is 0.496. The van der Waals surface area contributed by atoms with Crippen molar-refractivity contribution in [3.05, 3.63) is 0 Å². The van der Waals surface area contributed by atoms with Gasteiger partial charge in [-0.25, -0.2) is 0 Å². The third-order valence-corrected chi connectivity index (χ3v) is 2.90. The summed E-state index contributed by atoms with van der Waals surface area (Å²) in [4.78, 5) is 2.47. The summed E-state index contributed by atoms with van der Waals surface area (Å²) in [6.45, 7) is 2.85. The highest BCUT2D eigenvalue weighted by molar-refractivity contribution is 4.85. The topological polar surface area (TPSA) is 25.5 Å². The maximum atomic E-state index is 9.03. The van der Waals surface area contributed by atoms with Crippen molar-refractivity contribution in [3.63, 3.8) is 0 Å². The second-order valence-electron chi connectivity index (χ2n) is 3.92. The molecule has 0 aromatic heterocycles. The molecule has 1 aliphatic carbocycles. The van der Waals surface area contributed by atoms with Crippen LogP contribution >= 0.6 is 0 Å². The zero-order valence-electron chi connectivity index (χ0n) is 7.00. The highest BCUT2D eigenvalue weighted by Gasteiger charge is 2.30. The van der Waals surface area contributed by atoms with Gasteiger partial charge in [-0.15, -0.1) is 5.73 Å². The van der Waals surface area contributed by atoms with Crippen LogP contribution in [0.15, 0.2) is 0 Å². The Morgan fingerprint density at radius 1 is 1.27 bits per heavy atom. The lowest BCUT2D eigenvalue weighted by molar-refractivity contribution is 0.247. The monoisotopic (exact) mass is 152 g/mol. The average molecular weight is 152 g/mol. The second kappa shape index (κ2) is 3.11. The van der Waals surface area contributed by atoms with Crippen LogP contribution in [0.25, 0.3) is 0 Å². The zero-order chi connectivity index (χ0) is 7.68. The van der Waals surface area contributed by atoms with E-state index < -0.39 is 0 Å². The van der Waals surface area contributed by atoms with Crippen LogP contribution in [0.2, 0.25) is 0 Å². The molecule has 62 valence electrons. The molecule has 0 amide bonds. The van der Waals surface area contributed by atoms with Crippen molar-refractivity contribution in [2.75, 3.05) is 19.6 Å². The Kier molecular flexibility index (Phi) is 2.14. The fourth-order valence-electron chi connectivity index (χ4n) is 1.97. The van der Waals surface area contributed by atoms with Gasteiger partial charge in [0.05, 0.1) is 0 Å². The minimum absolute atomic E-state index is 0.368. The van der Waals surface area contributed by atoms with E-state index in [0.29, 0.717) is 12.6 Å². The first-order valence-electron chi connectivity index (χ1n) is 4.75. The van der Waals surface area contributed by atoms with E-state index in [1.54, 1.807) is 0 Å². The molecule has 1 heterocycles. The van der Waals surface area contributed by atoms with Gasteiger partial charge in [-0.2, -0.15) is 0 Å². The van der Waals surface area contributed by atoms with Gasteiger partial charge in [-0.1, -0.05) is 0 Å². The van der Waals surface area contributed by atoms with Crippen LogP contribution in [0.4, 0.5) is 0 Å². The molecule has 1 unspecified atom stereocenters. The highest BCUT2D eigenvalue weighted by atomic mass is 15.2. The predicted octanol–water partition coefficient (Wildman–Crippen LogP) is 0.929. The molecule has 0 N–H and O–H groups in total. The van der Waals surface area contributed by atoms with E-state index in [0.717, 1.165) is 5.92 Å². The van der Waals surface area contributed by atoms with Crippen molar-refractivity contribution in [2.45, 2.75) is 31.7 Å². The summed E-state index contributed by atoms with van der Waals surface area (Å²) in [5.41, 5.74) is 9.03. The summed E-state index contributed by atoms with van der Waals surface area (Å²) in [5, 5.41) is 0. The first-order valence-corrected chi connectivity index (χ1v) is 4.75. The first-order chi connectivity index (χ1) is 5.40. The summed E-state index contributed by atoms with van der Waals surface area (Å²) >= 11 is 0. The minimum atomic E-state index is 0.368. The van der Waals surface area contributed by atoms with Crippen LogP contribution in [0.3, 0.4) is 0 Å². The molecule has 2 heteroatoms. The van der Waals surface area contributed by atoms with E-state index in [1.165, 1.54) is 38.8 Å². The van der Waals surface area contributed by atoms with Crippen LogP contribution in [-0.2, 0) is 0 Å². The van der Waals surface area contributed by atoms with Gasteiger partial charge in [-0.05, 0) is 38.1 Å². The Hall–Kier alpha value is -0.0800. The second-order valence-corrected chi connectivity index (χ2v) is 3.92. The predicted molar refractivity (Wildman–Crippen MR) is 44.3 cm³/mol. The Morgan fingerprint density at radius 2 is 2.09 bits per heavy atom. The van der Waals surface area contributed by atoms with Gasteiger partial charge in [0.15, 0.2) is 0 Å². The van der Waals surface area contributed by atoms with Gasteiger partial charge >= 0.3 is 0 Å². The Labute approximate surface area is 68.7 Å². The Bertz CT molecular complexity index is 132. The third-order valence-electron chi connectivity index (χ3n) is 2.90. The molecule has 1 saturated heterocycles. The molecule has 2 fully saturated rings. The molecule has 0 spiro atoms. The van der Waals surface area contributed by atoms with Crippen LogP contribution in [0.1, 0.15) is 25.7 Å². The van der Waals surface area contributed by atoms with Gasteiger partial charge < -0.3 is 0 Å². The molecular weight excluding hydrogens is 136 g/mol. The largest absolute Gasteiger partial charge is 0.299 e. The molecule has 2 radical (unpaired) electrons. The number of nitrogens with zero attached hydrogens (tertiary/aromatic N) is 2. The van der Waals surface area contributed by atoms with Crippen molar-refractivity contribution in [1.29, 1.82) is 0 Å². The lowest BCUT2D eigenvalue weighted by atomic mass is 10.2. The molecule has 11 heavy (non-hydrogen) atoms. The van der Waals surface area contributed by atoms with Gasteiger partial charge in [0.2, 0.25) is 0 Å². The van der Waals surface area contributed by atoms with E-state index in [-0.39, 0.29) is 0 Å². The van der Waals surface area contributed by atoms with Crippen molar-refractivity contribution >= 4 is 0 Å². The molecule has 2 aliphatic rings. The van der Waals surface area contributed by atoms with E-state index in [1.807, 2.05) is 0 Å². The van der Waals surface area contributed by atoms with E-state index in [9.17, 15) is 0 Å². The molecule has 2 rings (SSSR count). The lowest BCUT2D eigenvalue weighted by Gasteiger charge is -2.21. The number of hydrogen-bond donors (Lipinski definition) is 0. The van der Waals surface area contributed by atoms with E-state index >= 15 is 0 Å². The molecule has 2 nitrogen and oxygen atoms in total. The zero-order valence-corrected chi connectivity index (χ0v) is 7.00. The molecule has 0 aromatic rings. The van der Waals surface area contributed by atoms with Crippen LogP contribution in [-0.4, -0.2) is 30.6 Å². The fraction of sp³-hybridized carbons (Fsp3) is 1.00. The molecule has 1 atom stereocenters. The summed E-state index contributed by atoms with van der Waals surface area (Å²) in [7, 11) is 0. The van der Waals surface area contributed by atoms with Crippen molar-refractivity contribution < 1.29 is 0 Å². The van der Waals surface area contributed by atoms with Crippen LogP contribution < -0.4 is 5.73 Å². The Balaban J connectivity index is 1.79. The minimum Gasteiger partial charge on any atom is -0.299 e. The smallest absolute Gasteiger partial charge is 0.0477 e. The molecule has 0 aromatic carbocycles. The molecular formula is C9H16N2. The number of hydrogen-bond acceptors (Lipinski definition) is 1. The molecule has 1 saturated carbocycles. The van der Waals surface area contributed by atoms with Gasteiger partial charge in [0.1, 0.15) is 0 Å². The van der Waals surface area contributed by atoms with E-state index in [4.69, 9.17) is 5.73 Å². The SMILES string of the molecule is [N]CC1CCCN1CC1CC1. The van der Waals surface area contributed by atoms with Crippen LogP contribution in [0, 0.1) is 5.92 Å². The standard InChI is InChI=1S/C9H16N2/c10-6-9-2-1-5-11(9)7-8-3-4-8/h8-9H,1-7H2. The maximum absolute atomic E-state index is 9.03. The highest BCUT2D eigenvalue weighted by Crippen LogP contribution is 2.32. The quantitative estimate of drug-likeness (QED) is 0.590. The lowest BCUT2D eigenvalue weighted by Crippen LogP contribution is -2.34. The van der Waals surface area contributed by atoms with Crippen LogP contribution in [0.5, 0.6) is 0 Å². The molecule has 1 aliphatic heterocycles. The maximum Gasteiger partial charge on any atom is 0.0477 e. The first kappa shape index (κ1) is 7.56. The fourth-order valence-corrected chi connectivity index (χ4v) is 1.97. The van der Waals surface area contributed by atoms with Gasteiger partial charge in [0, 0.05) is 19.1 Å². The average Bonchev–Trinajstić information content (AvgIpc) is 2.68. The number of likely N-dealkylation sites (tertiary alicyclic amines) is 1. The molecule has 0 bridgehead atoms. The Morgan fingerprint density at radius 3 is 2.73 bits per heavy atom. The summed E-state index contributed by atoms with van der Waals surface area (Å²) in [5.74, 6) is 0.974. The number of rotatable bonds is 3. The third kappa shape index (κ3) is 1.74. The van der Waals surface area contributed by atoms with Crippen molar-refractivity contribution in [2.24, 2.45) is 5.92 Å². The van der Waals surface area contributed by atoms with E-state index in [2.05, 4.69) is 4.90 Å². The van der Waals surface area contributed by atoms with Gasteiger partial charge in [0.25, 0.3) is 0 Å². The van der Waals surface area contributed by atoms with Gasteiger partial charge in [-0.3, -0.25) is 4.90 Å². The summed E-state index contributed by atoms with van der Waals surface area (Å²) < 4.78 is 0. The summed E-state index contributed by atoms with van der Waals surface area (Å²) in [6.07, 6.45) is 5.35. The normalized spacial score (nSPS) is 33.0. The van der Waals surface area contributed by atoms with Crippen molar-refractivity contribution in [3.8, 4) is 0 Å². The van der Waals surface area contributed by atoms with Crippen molar-refractivity contribution in [1.82, 2.24) is 10.6 Å².